The number of rotatable bonds is 8. The smallest absolute Gasteiger partial charge is 0.141 e. The van der Waals surface area contributed by atoms with Crippen LogP contribution in [0.25, 0.3) is 0 Å². The van der Waals surface area contributed by atoms with Crippen LogP contribution in [0, 0.1) is 0 Å². The Morgan fingerprint density at radius 1 is 1.35 bits per heavy atom. The third-order valence-electron chi connectivity index (χ3n) is 2.92. The summed E-state index contributed by atoms with van der Waals surface area (Å²) < 4.78 is 1.96. The monoisotopic (exact) mass is 239 g/mol. The minimum absolute atomic E-state index is 0.372. The molecule has 0 spiro atoms. The summed E-state index contributed by atoms with van der Waals surface area (Å²) in [6, 6.07) is 0.372. The molecule has 0 aliphatic heterocycles. The summed E-state index contributed by atoms with van der Waals surface area (Å²) in [5.74, 6) is 1.01. The summed E-state index contributed by atoms with van der Waals surface area (Å²) >= 11 is 0. The lowest BCUT2D eigenvalue weighted by atomic mass is 10.4. The molecular weight excluding hydrogens is 214 g/mol. The van der Waals surface area contributed by atoms with Gasteiger partial charge in [0.25, 0.3) is 0 Å². The van der Waals surface area contributed by atoms with Crippen LogP contribution in [-0.4, -0.2) is 45.8 Å². The average molecular weight is 239 g/mol. The molecule has 0 atom stereocenters. The van der Waals surface area contributed by atoms with Crippen molar-refractivity contribution in [3.63, 3.8) is 0 Å². The molecular formula is C12H25N5. The van der Waals surface area contributed by atoms with E-state index in [1.54, 1.807) is 6.33 Å². The minimum atomic E-state index is 0.372. The summed E-state index contributed by atoms with van der Waals surface area (Å²) in [5, 5.41) is 7.63. The van der Waals surface area contributed by atoms with Gasteiger partial charge in [-0.15, -0.1) is 0 Å². The van der Waals surface area contributed by atoms with Gasteiger partial charge in [-0.05, 0) is 26.9 Å². The molecule has 0 fully saturated rings. The van der Waals surface area contributed by atoms with Gasteiger partial charge in [0.1, 0.15) is 12.2 Å². The third-order valence-corrected chi connectivity index (χ3v) is 2.92. The SMILES string of the molecule is CCN(CC)CCNCc1ncnn1C(C)C. The number of hydrogen-bond acceptors (Lipinski definition) is 4. The van der Waals surface area contributed by atoms with Crippen molar-refractivity contribution in [2.45, 2.75) is 40.3 Å². The van der Waals surface area contributed by atoms with Gasteiger partial charge in [-0.3, -0.25) is 0 Å². The lowest BCUT2D eigenvalue weighted by molar-refractivity contribution is 0.301. The van der Waals surface area contributed by atoms with Crippen molar-refractivity contribution >= 4 is 0 Å². The van der Waals surface area contributed by atoms with E-state index in [9.17, 15) is 0 Å². The Bertz CT molecular complexity index is 304. The fourth-order valence-corrected chi connectivity index (χ4v) is 1.81. The van der Waals surface area contributed by atoms with E-state index in [1.165, 1.54) is 0 Å². The van der Waals surface area contributed by atoms with Gasteiger partial charge in [-0.25, -0.2) is 9.67 Å². The maximum atomic E-state index is 4.27. The van der Waals surface area contributed by atoms with Gasteiger partial charge in [0.05, 0.1) is 6.54 Å². The highest BCUT2D eigenvalue weighted by molar-refractivity contribution is 4.85. The molecule has 1 aromatic rings. The second-order valence-corrected chi connectivity index (χ2v) is 4.42. The van der Waals surface area contributed by atoms with Crippen LogP contribution in [0.3, 0.4) is 0 Å². The van der Waals surface area contributed by atoms with E-state index in [0.29, 0.717) is 6.04 Å². The molecule has 5 nitrogen and oxygen atoms in total. The molecule has 0 saturated carbocycles. The highest BCUT2D eigenvalue weighted by Crippen LogP contribution is 2.04. The Hall–Kier alpha value is -0.940. The molecule has 0 amide bonds. The Morgan fingerprint density at radius 3 is 2.65 bits per heavy atom. The Labute approximate surface area is 104 Å². The maximum absolute atomic E-state index is 4.27. The molecule has 1 rings (SSSR count). The molecule has 98 valence electrons. The molecule has 1 N–H and O–H groups in total. The van der Waals surface area contributed by atoms with E-state index in [2.05, 4.69) is 48.0 Å². The van der Waals surface area contributed by atoms with Crippen molar-refractivity contribution in [2.24, 2.45) is 0 Å². The van der Waals surface area contributed by atoms with E-state index in [0.717, 1.165) is 38.5 Å². The van der Waals surface area contributed by atoms with Crippen LogP contribution in [0.5, 0.6) is 0 Å². The molecule has 5 heteroatoms. The molecule has 0 aromatic carbocycles. The maximum Gasteiger partial charge on any atom is 0.141 e. The largest absolute Gasteiger partial charge is 0.309 e. The van der Waals surface area contributed by atoms with Crippen LogP contribution >= 0.6 is 0 Å². The first kappa shape index (κ1) is 14.1. The van der Waals surface area contributed by atoms with Crippen molar-refractivity contribution in [3.05, 3.63) is 12.2 Å². The molecule has 17 heavy (non-hydrogen) atoms. The summed E-state index contributed by atoms with van der Waals surface area (Å²) in [4.78, 5) is 6.67. The molecule has 0 bridgehead atoms. The summed E-state index contributed by atoms with van der Waals surface area (Å²) in [5.41, 5.74) is 0. The van der Waals surface area contributed by atoms with Crippen molar-refractivity contribution in [2.75, 3.05) is 26.2 Å². The highest BCUT2D eigenvalue weighted by atomic mass is 15.4. The van der Waals surface area contributed by atoms with Gasteiger partial charge < -0.3 is 10.2 Å². The fourth-order valence-electron chi connectivity index (χ4n) is 1.81. The molecule has 0 aliphatic rings. The van der Waals surface area contributed by atoms with Crippen LogP contribution in [0.15, 0.2) is 6.33 Å². The van der Waals surface area contributed by atoms with E-state index in [1.807, 2.05) is 4.68 Å². The molecule has 0 unspecified atom stereocenters. The normalized spacial score (nSPS) is 11.6. The second-order valence-electron chi connectivity index (χ2n) is 4.42. The molecule has 0 saturated heterocycles. The molecule has 1 aromatic heterocycles. The van der Waals surface area contributed by atoms with Gasteiger partial charge in [0.15, 0.2) is 0 Å². The fraction of sp³-hybridized carbons (Fsp3) is 0.833. The topological polar surface area (TPSA) is 46.0 Å². The number of nitrogens with one attached hydrogen (secondary N) is 1. The molecule has 1 heterocycles. The van der Waals surface area contributed by atoms with E-state index in [-0.39, 0.29) is 0 Å². The zero-order valence-electron chi connectivity index (χ0n) is 11.5. The van der Waals surface area contributed by atoms with Crippen LogP contribution in [0.2, 0.25) is 0 Å². The second kappa shape index (κ2) is 7.40. The number of likely N-dealkylation sites (N-methyl/N-ethyl adjacent to an activating group) is 1. The number of nitrogens with zero attached hydrogens (tertiary/aromatic N) is 4. The van der Waals surface area contributed by atoms with E-state index < -0.39 is 0 Å². The van der Waals surface area contributed by atoms with Crippen LogP contribution < -0.4 is 5.32 Å². The van der Waals surface area contributed by atoms with Crippen molar-refractivity contribution in [1.29, 1.82) is 0 Å². The Balaban J connectivity index is 2.28. The quantitative estimate of drug-likeness (QED) is 0.694. The first-order chi connectivity index (χ1) is 8.19. The molecule has 0 aliphatic carbocycles. The van der Waals surface area contributed by atoms with E-state index >= 15 is 0 Å². The summed E-state index contributed by atoms with van der Waals surface area (Å²) in [7, 11) is 0. The standard InChI is InChI=1S/C12H25N5/c1-5-16(6-2)8-7-13-9-12-14-10-15-17(12)11(3)4/h10-11,13H,5-9H2,1-4H3. The van der Waals surface area contributed by atoms with Crippen LogP contribution in [-0.2, 0) is 6.54 Å². The average Bonchev–Trinajstić information content (AvgIpc) is 2.78. The van der Waals surface area contributed by atoms with Gasteiger partial charge in [0, 0.05) is 19.1 Å². The Morgan fingerprint density at radius 2 is 2.06 bits per heavy atom. The van der Waals surface area contributed by atoms with E-state index in [4.69, 9.17) is 0 Å². The summed E-state index contributed by atoms with van der Waals surface area (Å²) in [6.07, 6.45) is 1.63. The predicted molar refractivity (Wildman–Crippen MR) is 69.9 cm³/mol. The van der Waals surface area contributed by atoms with Gasteiger partial charge >= 0.3 is 0 Å². The minimum Gasteiger partial charge on any atom is -0.309 e. The first-order valence-electron chi connectivity index (χ1n) is 6.50. The zero-order valence-corrected chi connectivity index (χ0v) is 11.5. The van der Waals surface area contributed by atoms with Gasteiger partial charge in [-0.2, -0.15) is 5.10 Å². The number of hydrogen-bond donors (Lipinski definition) is 1. The lowest BCUT2D eigenvalue weighted by Crippen LogP contribution is -2.32. The van der Waals surface area contributed by atoms with Gasteiger partial charge in [-0.1, -0.05) is 13.8 Å². The summed E-state index contributed by atoms with van der Waals surface area (Å²) in [6.45, 7) is 13.7. The predicted octanol–water partition coefficient (Wildman–Crippen LogP) is 1.29. The van der Waals surface area contributed by atoms with Gasteiger partial charge in [0.2, 0.25) is 0 Å². The highest BCUT2D eigenvalue weighted by Gasteiger charge is 2.06. The van der Waals surface area contributed by atoms with Crippen molar-refractivity contribution in [3.8, 4) is 0 Å². The van der Waals surface area contributed by atoms with Crippen LogP contribution in [0.1, 0.15) is 39.6 Å². The number of aromatic nitrogens is 3. The molecule has 0 radical (unpaired) electrons. The Kier molecular flexibility index (Phi) is 6.15. The zero-order chi connectivity index (χ0) is 12.7. The first-order valence-corrected chi connectivity index (χ1v) is 6.50. The third kappa shape index (κ3) is 4.44. The van der Waals surface area contributed by atoms with Crippen LogP contribution in [0.4, 0.5) is 0 Å². The van der Waals surface area contributed by atoms with Crippen molar-refractivity contribution in [1.82, 2.24) is 25.0 Å². The van der Waals surface area contributed by atoms with Crippen molar-refractivity contribution < 1.29 is 0 Å². The lowest BCUT2D eigenvalue weighted by Gasteiger charge is -2.18.